The van der Waals surface area contributed by atoms with Crippen molar-refractivity contribution in [3.8, 4) is 5.75 Å². The summed E-state index contributed by atoms with van der Waals surface area (Å²) in [6, 6.07) is 16.3. The van der Waals surface area contributed by atoms with E-state index in [-0.39, 0.29) is 6.10 Å². The zero-order valence-corrected chi connectivity index (χ0v) is 10.9. The fraction of sp³-hybridized carbons (Fsp3) is 0.294. The van der Waals surface area contributed by atoms with Gasteiger partial charge in [-0.05, 0) is 35.6 Å². The van der Waals surface area contributed by atoms with Crippen LogP contribution < -0.4 is 4.74 Å². The van der Waals surface area contributed by atoms with Crippen molar-refractivity contribution in [2.45, 2.75) is 32.0 Å². The second kappa shape index (κ2) is 5.45. The molecule has 2 nitrogen and oxygen atoms in total. The van der Waals surface area contributed by atoms with Crippen LogP contribution in [0.4, 0.5) is 0 Å². The minimum atomic E-state index is -0.228. The molecule has 2 aromatic rings. The number of hydrogen-bond donors (Lipinski definition) is 1. The van der Waals surface area contributed by atoms with Crippen molar-refractivity contribution < 1.29 is 9.84 Å². The third kappa shape index (κ3) is 2.79. The Hall–Kier alpha value is -1.80. The lowest BCUT2D eigenvalue weighted by Gasteiger charge is -2.23. The normalized spacial score (nSPS) is 17.8. The van der Waals surface area contributed by atoms with Crippen LogP contribution in [0.15, 0.2) is 48.5 Å². The summed E-state index contributed by atoms with van der Waals surface area (Å²) in [5.41, 5.74) is 3.66. The number of hydrogen-bond acceptors (Lipinski definition) is 2. The molecule has 0 heterocycles. The molecule has 2 heteroatoms. The molecule has 0 aliphatic heterocycles. The molecule has 0 saturated heterocycles. The van der Waals surface area contributed by atoms with Crippen molar-refractivity contribution in [3.63, 3.8) is 0 Å². The van der Waals surface area contributed by atoms with Gasteiger partial charge < -0.3 is 9.84 Å². The zero-order chi connectivity index (χ0) is 13.1. The average Bonchev–Trinajstić information content (AvgIpc) is 2.46. The van der Waals surface area contributed by atoms with E-state index in [1.807, 2.05) is 30.3 Å². The van der Waals surface area contributed by atoms with Gasteiger partial charge >= 0.3 is 0 Å². The summed E-state index contributed by atoms with van der Waals surface area (Å²) in [6.45, 7) is 0.577. The van der Waals surface area contributed by atoms with Crippen molar-refractivity contribution in [1.29, 1.82) is 0 Å². The first-order chi connectivity index (χ1) is 9.33. The van der Waals surface area contributed by atoms with Gasteiger partial charge in [0.2, 0.25) is 0 Å². The molecule has 1 aliphatic carbocycles. The zero-order valence-electron chi connectivity index (χ0n) is 10.9. The number of ether oxygens (including phenoxy) is 1. The van der Waals surface area contributed by atoms with Crippen molar-refractivity contribution >= 4 is 0 Å². The first-order valence-corrected chi connectivity index (χ1v) is 6.78. The molecule has 1 unspecified atom stereocenters. The molecule has 2 aromatic carbocycles. The predicted octanol–water partition coefficient (Wildman–Crippen LogP) is 3.12. The molecule has 0 aromatic heterocycles. The van der Waals surface area contributed by atoms with Crippen LogP contribution in [0.1, 0.15) is 23.1 Å². The number of rotatable bonds is 3. The largest absolute Gasteiger partial charge is 0.489 e. The molecule has 0 radical (unpaired) electrons. The lowest BCUT2D eigenvalue weighted by Crippen LogP contribution is -2.19. The highest BCUT2D eigenvalue weighted by Crippen LogP contribution is 2.30. The molecular formula is C17H18O2. The van der Waals surface area contributed by atoms with Crippen LogP contribution in [-0.4, -0.2) is 11.2 Å². The van der Waals surface area contributed by atoms with E-state index in [1.54, 1.807) is 0 Å². The van der Waals surface area contributed by atoms with Gasteiger partial charge in [0.05, 0.1) is 6.10 Å². The molecule has 0 bridgehead atoms. The Morgan fingerprint density at radius 1 is 1.05 bits per heavy atom. The highest BCUT2D eigenvalue weighted by Gasteiger charge is 2.19. The van der Waals surface area contributed by atoms with Crippen molar-refractivity contribution in [2.75, 3.05) is 0 Å². The van der Waals surface area contributed by atoms with Crippen LogP contribution in [-0.2, 0) is 19.4 Å². The van der Waals surface area contributed by atoms with E-state index in [1.165, 1.54) is 11.1 Å². The van der Waals surface area contributed by atoms with E-state index in [0.717, 1.165) is 24.2 Å². The number of aliphatic hydroxyl groups excluding tert-OH is 1. The van der Waals surface area contributed by atoms with Gasteiger partial charge in [-0.3, -0.25) is 0 Å². The molecule has 0 saturated carbocycles. The standard InChI is InChI=1S/C17H18O2/c18-15-10-9-14-7-4-8-17(16(14)11-15)19-12-13-5-2-1-3-6-13/h1-8,15,18H,9-12H2. The third-order valence-electron chi connectivity index (χ3n) is 3.65. The Balaban J connectivity index is 1.78. The lowest BCUT2D eigenvalue weighted by molar-refractivity contribution is 0.156. The van der Waals surface area contributed by atoms with Gasteiger partial charge in [0.15, 0.2) is 0 Å². The fourth-order valence-electron chi connectivity index (χ4n) is 2.61. The Labute approximate surface area is 113 Å². The fourth-order valence-corrected chi connectivity index (χ4v) is 2.61. The summed E-state index contributed by atoms with van der Waals surface area (Å²) in [5.74, 6) is 0.917. The second-order valence-electron chi connectivity index (χ2n) is 5.06. The molecule has 98 valence electrons. The van der Waals surface area contributed by atoms with E-state index in [2.05, 4.69) is 18.2 Å². The second-order valence-corrected chi connectivity index (χ2v) is 5.06. The van der Waals surface area contributed by atoms with Gasteiger partial charge in [-0.1, -0.05) is 42.5 Å². The van der Waals surface area contributed by atoms with Crippen molar-refractivity contribution in [2.24, 2.45) is 0 Å². The average molecular weight is 254 g/mol. The molecule has 0 amide bonds. The smallest absolute Gasteiger partial charge is 0.123 e. The van der Waals surface area contributed by atoms with Gasteiger partial charge in [-0.2, -0.15) is 0 Å². The van der Waals surface area contributed by atoms with E-state index >= 15 is 0 Å². The molecule has 19 heavy (non-hydrogen) atoms. The molecule has 0 fully saturated rings. The van der Waals surface area contributed by atoms with Crippen LogP contribution >= 0.6 is 0 Å². The van der Waals surface area contributed by atoms with E-state index in [0.29, 0.717) is 13.0 Å². The molecule has 1 aliphatic rings. The van der Waals surface area contributed by atoms with Crippen LogP contribution in [0.3, 0.4) is 0 Å². The predicted molar refractivity (Wildman–Crippen MR) is 75.2 cm³/mol. The van der Waals surface area contributed by atoms with Crippen LogP contribution in [0.5, 0.6) is 5.75 Å². The minimum absolute atomic E-state index is 0.228. The Morgan fingerprint density at radius 2 is 1.89 bits per heavy atom. The molecule has 1 atom stereocenters. The third-order valence-corrected chi connectivity index (χ3v) is 3.65. The Morgan fingerprint density at radius 3 is 2.74 bits per heavy atom. The monoisotopic (exact) mass is 254 g/mol. The van der Waals surface area contributed by atoms with Crippen LogP contribution in [0.2, 0.25) is 0 Å². The summed E-state index contributed by atoms with van der Waals surface area (Å²) < 4.78 is 5.93. The molecule has 3 rings (SSSR count). The van der Waals surface area contributed by atoms with Crippen molar-refractivity contribution in [1.82, 2.24) is 0 Å². The number of aryl methyl sites for hydroxylation is 1. The van der Waals surface area contributed by atoms with Gasteiger partial charge in [-0.25, -0.2) is 0 Å². The summed E-state index contributed by atoms with van der Waals surface area (Å²) in [7, 11) is 0. The first-order valence-electron chi connectivity index (χ1n) is 6.78. The summed E-state index contributed by atoms with van der Waals surface area (Å²) in [6.07, 6.45) is 2.28. The summed E-state index contributed by atoms with van der Waals surface area (Å²) >= 11 is 0. The van der Waals surface area contributed by atoms with Gasteiger partial charge in [0.25, 0.3) is 0 Å². The van der Waals surface area contributed by atoms with E-state index in [9.17, 15) is 5.11 Å². The number of aliphatic hydroxyl groups is 1. The maximum atomic E-state index is 9.81. The number of benzene rings is 2. The van der Waals surface area contributed by atoms with E-state index < -0.39 is 0 Å². The van der Waals surface area contributed by atoms with Crippen LogP contribution in [0.25, 0.3) is 0 Å². The molecular weight excluding hydrogens is 236 g/mol. The van der Waals surface area contributed by atoms with Crippen LogP contribution in [0, 0.1) is 0 Å². The SMILES string of the molecule is OC1CCc2cccc(OCc3ccccc3)c2C1. The summed E-state index contributed by atoms with van der Waals surface area (Å²) in [5, 5.41) is 9.81. The first kappa shape index (κ1) is 12.2. The van der Waals surface area contributed by atoms with E-state index in [4.69, 9.17) is 4.74 Å². The highest BCUT2D eigenvalue weighted by molar-refractivity contribution is 5.42. The molecule has 1 N–H and O–H groups in total. The highest BCUT2D eigenvalue weighted by atomic mass is 16.5. The maximum Gasteiger partial charge on any atom is 0.123 e. The maximum absolute atomic E-state index is 9.81. The Bertz CT molecular complexity index is 548. The van der Waals surface area contributed by atoms with Gasteiger partial charge in [0.1, 0.15) is 12.4 Å². The lowest BCUT2D eigenvalue weighted by atomic mass is 9.89. The summed E-state index contributed by atoms with van der Waals surface area (Å²) in [4.78, 5) is 0. The van der Waals surface area contributed by atoms with Gasteiger partial charge in [0, 0.05) is 6.42 Å². The van der Waals surface area contributed by atoms with Crippen molar-refractivity contribution in [3.05, 3.63) is 65.2 Å². The minimum Gasteiger partial charge on any atom is -0.489 e. The molecule has 0 spiro atoms. The van der Waals surface area contributed by atoms with Gasteiger partial charge in [-0.15, -0.1) is 0 Å². The number of fused-ring (bicyclic) bond motifs is 1. The quantitative estimate of drug-likeness (QED) is 0.912. The Kier molecular flexibility index (Phi) is 3.51. The topological polar surface area (TPSA) is 29.5 Å².